The maximum absolute atomic E-state index is 2.52. The number of hydrogen-bond acceptors (Lipinski definition) is 0. The summed E-state index contributed by atoms with van der Waals surface area (Å²) in [6.45, 7) is 19.6. The van der Waals surface area contributed by atoms with Crippen LogP contribution in [0.15, 0.2) is 0 Å². The van der Waals surface area contributed by atoms with Crippen molar-refractivity contribution in [2.24, 2.45) is 28.1 Å². The maximum Gasteiger partial charge on any atom is -0.0141 e. The Balaban J connectivity index is 3.27. The van der Waals surface area contributed by atoms with Gasteiger partial charge in [-0.05, 0) is 34.5 Å². The van der Waals surface area contributed by atoms with E-state index in [-0.39, 0.29) is 0 Å². The number of rotatable bonds is 4. The molecule has 2 atom stereocenters. The van der Waals surface area contributed by atoms with Crippen LogP contribution in [0.3, 0.4) is 0 Å². The molecule has 0 aromatic heterocycles. The van der Waals surface area contributed by atoms with Crippen LogP contribution < -0.4 is 0 Å². The van der Waals surface area contributed by atoms with Gasteiger partial charge in [-0.1, -0.05) is 74.7 Å². The second-order valence-electron chi connectivity index (χ2n) is 7.80. The summed E-state index contributed by atoms with van der Waals surface area (Å²) in [5.41, 5.74) is 1.43. The van der Waals surface area contributed by atoms with Gasteiger partial charge in [0.15, 0.2) is 0 Å². The summed E-state index contributed by atoms with van der Waals surface area (Å²) < 4.78 is 0. The average Bonchev–Trinajstić information content (AvgIpc) is 2.15. The SMILES string of the molecule is CCC1CC(CC)C1(C(C)(C)C)C(C)(C)CC. The molecule has 1 rings (SSSR count). The van der Waals surface area contributed by atoms with E-state index in [0.29, 0.717) is 16.2 Å². The Morgan fingerprint density at radius 1 is 0.882 bits per heavy atom. The molecule has 1 fully saturated rings. The zero-order valence-corrected chi connectivity index (χ0v) is 13.5. The Hall–Kier alpha value is 0. The molecule has 0 saturated heterocycles. The molecule has 0 bridgehead atoms. The van der Waals surface area contributed by atoms with Gasteiger partial charge in [0.05, 0.1) is 0 Å². The second-order valence-corrected chi connectivity index (χ2v) is 7.80. The van der Waals surface area contributed by atoms with Gasteiger partial charge in [-0.25, -0.2) is 0 Å². The molecule has 102 valence electrons. The summed E-state index contributed by atoms with van der Waals surface area (Å²) in [6.07, 6.45) is 5.49. The van der Waals surface area contributed by atoms with Gasteiger partial charge in [0, 0.05) is 0 Å². The minimum absolute atomic E-state index is 0.423. The molecule has 0 spiro atoms. The molecule has 0 radical (unpaired) electrons. The summed E-state index contributed by atoms with van der Waals surface area (Å²) >= 11 is 0. The minimum atomic E-state index is 0.423. The third-order valence-electron chi connectivity index (χ3n) is 6.09. The smallest absolute Gasteiger partial charge is 0.0141 e. The van der Waals surface area contributed by atoms with E-state index in [9.17, 15) is 0 Å². The van der Waals surface area contributed by atoms with Crippen LogP contribution in [0.25, 0.3) is 0 Å². The molecule has 0 N–H and O–H groups in total. The first kappa shape index (κ1) is 15.1. The lowest BCUT2D eigenvalue weighted by Gasteiger charge is -2.70. The summed E-state index contributed by atoms with van der Waals surface area (Å²) in [5, 5.41) is 0. The molecule has 2 unspecified atom stereocenters. The van der Waals surface area contributed by atoms with Gasteiger partial charge in [-0.2, -0.15) is 0 Å². The molecule has 1 aliphatic carbocycles. The van der Waals surface area contributed by atoms with E-state index in [0.717, 1.165) is 11.8 Å². The summed E-state index contributed by atoms with van der Waals surface area (Å²) in [7, 11) is 0. The van der Waals surface area contributed by atoms with Crippen LogP contribution in [0.2, 0.25) is 0 Å². The highest BCUT2D eigenvalue weighted by atomic mass is 14.7. The van der Waals surface area contributed by atoms with Crippen LogP contribution in [0.4, 0.5) is 0 Å². The highest BCUT2D eigenvalue weighted by Gasteiger charge is 2.65. The van der Waals surface area contributed by atoms with Crippen LogP contribution in [0, 0.1) is 28.1 Å². The van der Waals surface area contributed by atoms with Crippen LogP contribution in [-0.4, -0.2) is 0 Å². The van der Waals surface area contributed by atoms with Gasteiger partial charge in [0.25, 0.3) is 0 Å². The molecule has 0 amide bonds. The van der Waals surface area contributed by atoms with Crippen molar-refractivity contribution in [3.05, 3.63) is 0 Å². The monoisotopic (exact) mass is 238 g/mol. The minimum Gasteiger partial charge on any atom is -0.0651 e. The standard InChI is InChI=1S/C17H34/c1-9-13-12-14(10-2)17(13,15(4,5)6)16(7,8)11-3/h13-14H,9-12H2,1-8H3. The predicted molar refractivity (Wildman–Crippen MR) is 78.1 cm³/mol. The van der Waals surface area contributed by atoms with Crippen LogP contribution in [-0.2, 0) is 0 Å². The van der Waals surface area contributed by atoms with Crippen molar-refractivity contribution >= 4 is 0 Å². The Morgan fingerprint density at radius 2 is 1.29 bits per heavy atom. The molecule has 0 aliphatic heterocycles. The van der Waals surface area contributed by atoms with Gasteiger partial charge in [0.1, 0.15) is 0 Å². The van der Waals surface area contributed by atoms with Crippen LogP contribution >= 0.6 is 0 Å². The zero-order chi connectivity index (χ0) is 13.5. The van der Waals surface area contributed by atoms with Crippen molar-refractivity contribution in [3.8, 4) is 0 Å². The van der Waals surface area contributed by atoms with E-state index in [1.807, 2.05) is 0 Å². The Morgan fingerprint density at radius 3 is 1.53 bits per heavy atom. The molecule has 1 saturated carbocycles. The third kappa shape index (κ3) is 1.87. The Kier molecular flexibility index (Phi) is 4.07. The van der Waals surface area contributed by atoms with Crippen molar-refractivity contribution in [3.63, 3.8) is 0 Å². The lowest BCUT2D eigenvalue weighted by atomic mass is 9.34. The van der Waals surface area contributed by atoms with Crippen LogP contribution in [0.1, 0.15) is 81.1 Å². The first-order valence-corrected chi connectivity index (χ1v) is 7.69. The fourth-order valence-corrected chi connectivity index (χ4v) is 5.50. The first-order valence-electron chi connectivity index (χ1n) is 7.69. The third-order valence-corrected chi connectivity index (χ3v) is 6.09. The molecule has 0 aromatic carbocycles. The van der Waals surface area contributed by atoms with Crippen molar-refractivity contribution < 1.29 is 0 Å². The first-order chi connectivity index (χ1) is 7.69. The number of hydrogen-bond donors (Lipinski definition) is 0. The lowest BCUT2D eigenvalue weighted by molar-refractivity contribution is -0.218. The normalized spacial score (nSPS) is 34.6. The lowest BCUT2D eigenvalue weighted by Crippen LogP contribution is -2.63. The largest absolute Gasteiger partial charge is 0.0651 e. The second kappa shape index (κ2) is 4.59. The van der Waals surface area contributed by atoms with E-state index in [2.05, 4.69) is 55.4 Å². The van der Waals surface area contributed by atoms with Gasteiger partial charge in [0.2, 0.25) is 0 Å². The molecular formula is C17H34. The Labute approximate surface area is 110 Å². The summed E-state index contributed by atoms with van der Waals surface area (Å²) in [6, 6.07) is 0. The Bertz CT molecular complexity index is 244. The highest BCUT2D eigenvalue weighted by Crippen LogP contribution is 2.71. The fraction of sp³-hybridized carbons (Fsp3) is 1.00. The maximum atomic E-state index is 2.52. The van der Waals surface area contributed by atoms with Crippen molar-refractivity contribution in [1.29, 1.82) is 0 Å². The average molecular weight is 238 g/mol. The van der Waals surface area contributed by atoms with E-state index in [4.69, 9.17) is 0 Å². The van der Waals surface area contributed by atoms with Crippen molar-refractivity contribution in [2.75, 3.05) is 0 Å². The molecule has 0 heterocycles. The fourth-order valence-electron chi connectivity index (χ4n) is 5.50. The van der Waals surface area contributed by atoms with Gasteiger partial charge in [-0.3, -0.25) is 0 Å². The van der Waals surface area contributed by atoms with E-state index < -0.39 is 0 Å². The summed E-state index contributed by atoms with van der Waals surface area (Å²) in [4.78, 5) is 0. The van der Waals surface area contributed by atoms with E-state index >= 15 is 0 Å². The van der Waals surface area contributed by atoms with Gasteiger partial charge >= 0.3 is 0 Å². The van der Waals surface area contributed by atoms with Crippen molar-refractivity contribution in [2.45, 2.75) is 81.1 Å². The van der Waals surface area contributed by atoms with E-state index in [1.165, 1.54) is 25.7 Å². The molecular weight excluding hydrogens is 204 g/mol. The molecule has 0 heteroatoms. The van der Waals surface area contributed by atoms with Gasteiger partial charge in [-0.15, -0.1) is 0 Å². The topological polar surface area (TPSA) is 0 Å². The molecule has 0 aromatic rings. The quantitative estimate of drug-likeness (QED) is 0.571. The molecule has 1 aliphatic rings. The van der Waals surface area contributed by atoms with Gasteiger partial charge < -0.3 is 0 Å². The summed E-state index contributed by atoms with van der Waals surface area (Å²) in [5.74, 6) is 1.87. The molecule has 0 nitrogen and oxygen atoms in total. The predicted octanol–water partition coefficient (Wildman–Crippen LogP) is 5.91. The van der Waals surface area contributed by atoms with Crippen LogP contribution in [0.5, 0.6) is 0 Å². The highest BCUT2D eigenvalue weighted by molar-refractivity contribution is 5.13. The van der Waals surface area contributed by atoms with E-state index in [1.54, 1.807) is 0 Å². The zero-order valence-electron chi connectivity index (χ0n) is 13.5. The molecule has 17 heavy (non-hydrogen) atoms. The van der Waals surface area contributed by atoms with Crippen molar-refractivity contribution in [1.82, 2.24) is 0 Å².